The number of nitrogens with zero attached hydrogens (tertiary/aromatic N) is 1. The highest BCUT2D eigenvalue weighted by atomic mass is 35.5. The maximum absolute atomic E-state index is 12.6. The first kappa shape index (κ1) is 15.8. The molecule has 2 aliphatic heterocycles. The zero-order valence-electron chi connectivity index (χ0n) is 11.7. The molecule has 2 saturated heterocycles. The van der Waals surface area contributed by atoms with Crippen LogP contribution in [-0.4, -0.2) is 36.0 Å². The van der Waals surface area contributed by atoms with E-state index in [-0.39, 0.29) is 17.9 Å². The van der Waals surface area contributed by atoms with Crippen molar-refractivity contribution < 1.29 is 4.79 Å². The smallest absolute Gasteiger partial charge is 0.242 e. The second-order valence-electron chi connectivity index (χ2n) is 5.88. The van der Waals surface area contributed by atoms with Gasteiger partial charge in [0.2, 0.25) is 5.91 Å². The van der Waals surface area contributed by atoms with Crippen molar-refractivity contribution >= 4 is 18.3 Å². The summed E-state index contributed by atoms with van der Waals surface area (Å²) in [4.78, 5) is 14.7. The van der Waals surface area contributed by atoms with E-state index in [1.54, 1.807) is 0 Å². The highest BCUT2D eigenvalue weighted by Gasteiger charge is 2.38. The predicted molar refractivity (Wildman–Crippen MR) is 77.1 cm³/mol. The second-order valence-corrected chi connectivity index (χ2v) is 5.88. The van der Waals surface area contributed by atoms with Crippen LogP contribution in [0.4, 0.5) is 0 Å². The molecule has 2 atom stereocenters. The van der Waals surface area contributed by atoms with Crippen LogP contribution < -0.4 is 5.32 Å². The SMILES string of the molecule is CCC1CCCN(C(=O)C2(C)CCCCN2)C1.Cl. The van der Waals surface area contributed by atoms with E-state index < -0.39 is 0 Å². The summed E-state index contributed by atoms with van der Waals surface area (Å²) in [5.41, 5.74) is -0.284. The molecular formula is C14H27ClN2O. The Hall–Kier alpha value is -0.280. The molecule has 106 valence electrons. The summed E-state index contributed by atoms with van der Waals surface area (Å²) in [6.45, 7) is 7.26. The summed E-state index contributed by atoms with van der Waals surface area (Å²) in [6, 6.07) is 0. The van der Waals surface area contributed by atoms with Gasteiger partial charge < -0.3 is 10.2 Å². The largest absolute Gasteiger partial charge is 0.341 e. The van der Waals surface area contributed by atoms with E-state index in [0.29, 0.717) is 5.91 Å². The fourth-order valence-corrected chi connectivity index (χ4v) is 3.17. The Morgan fingerprint density at radius 2 is 2.17 bits per heavy atom. The lowest BCUT2D eigenvalue weighted by atomic mass is 9.87. The number of carbonyl (C=O) groups excluding carboxylic acids is 1. The van der Waals surface area contributed by atoms with Crippen LogP contribution >= 0.6 is 12.4 Å². The Morgan fingerprint density at radius 1 is 1.39 bits per heavy atom. The van der Waals surface area contributed by atoms with Gasteiger partial charge in [-0.3, -0.25) is 4.79 Å². The molecule has 0 aromatic heterocycles. The van der Waals surface area contributed by atoms with E-state index in [4.69, 9.17) is 0 Å². The number of halogens is 1. The molecule has 2 heterocycles. The van der Waals surface area contributed by atoms with Gasteiger partial charge in [0.05, 0.1) is 5.54 Å². The molecule has 0 aromatic rings. The van der Waals surface area contributed by atoms with Gasteiger partial charge >= 0.3 is 0 Å². The molecule has 0 aliphatic carbocycles. The van der Waals surface area contributed by atoms with Crippen molar-refractivity contribution in [2.45, 2.75) is 57.9 Å². The van der Waals surface area contributed by atoms with Crippen molar-refractivity contribution in [3.63, 3.8) is 0 Å². The molecule has 0 bridgehead atoms. The lowest BCUT2D eigenvalue weighted by Gasteiger charge is -2.41. The number of amides is 1. The second kappa shape index (κ2) is 6.76. The molecule has 2 unspecified atom stereocenters. The van der Waals surface area contributed by atoms with Gasteiger partial charge in [-0.1, -0.05) is 13.3 Å². The Morgan fingerprint density at radius 3 is 2.78 bits per heavy atom. The standard InChI is InChI=1S/C14H26N2O.ClH/c1-3-12-7-6-10-16(11-12)13(17)14(2)8-4-5-9-15-14;/h12,15H,3-11H2,1-2H3;1H. The minimum absolute atomic E-state index is 0. The van der Waals surface area contributed by atoms with Gasteiger partial charge in [0, 0.05) is 13.1 Å². The first-order valence-corrected chi connectivity index (χ1v) is 7.20. The first-order valence-electron chi connectivity index (χ1n) is 7.20. The lowest BCUT2D eigenvalue weighted by Crippen LogP contribution is -2.59. The van der Waals surface area contributed by atoms with Crippen LogP contribution in [0.15, 0.2) is 0 Å². The van der Waals surface area contributed by atoms with Gasteiger partial charge in [0.25, 0.3) is 0 Å². The minimum Gasteiger partial charge on any atom is -0.341 e. The summed E-state index contributed by atoms with van der Waals surface area (Å²) in [5.74, 6) is 1.07. The quantitative estimate of drug-likeness (QED) is 0.839. The summed E-state index contributed by atoms with van der Waals surface area (Å²) in [6.07, 6.45) is 7.07. The molecule has 0 aromatic carbocycles. The maximum Gasteiger partial charge on any atom is 0.242 e. The Bertz CT molecular complexity index is 277. The summed E-state index contributed by atoms with van der Waals surface area (Å²) < 4.78 is 0. The number of carbonyl (C=O) groups is 1. The van der Waals surface area contributed by atoms with Crippen LogP contribution in [0.2, 0.25) is 0 Å². The van der Waals surface area contributed by atoms with E-state index >= 15 is 0 Å². The molecule has 2 aliphatic rings. The molecule has 2 rings (SSSR count). The van der Waals surface area contributed by atoms with Gasteiger partial charge in [-0.05, 0) is 51.5 Å². The average molecular weight is 275 g/mol. The normalized spacial score (nSPS) is 32.8. The molecular weight excluding hydrogens is 248 g/mol. The van der Waals surface area contributed by atoms with Crippen molar-refractivity contribution in [2.24, 2.45) is 5.92 Å². The minimum atomic E-state index is -0.284. The zero-order valence-corrected chi connectivity index (χ0v) is 12.5. The monoisotopic (exact) mass is 274 g/mol. The van der Waals surface area contributed by atoms with Crippen molar-refractivity contribution in [1.29, 1.82) is 0 Å². The highest BCUT2D eigenvalue weighted by molar-refractivity contribution is 5.86. The molecule has 2 fully saturated rings. The van der Waals surface area contributed by atoms with E-state index in [0.717, 1.165) is 32.0 Å². The number of piperidine rings is 2. The van der Waals surface area contributed by atoms with E-state index in [1.807, 2.05) is 0 Å². The van der Waals surface area contributed by atoms with Crippen LogP contribution in [0, 0.1) is 5.92 Å². The Labute approximate surface area is 117 Å². The lowest BCUT2D eigenvalue weighted by molar-refractivity contribution is -0.140. The fourth-order valence-electron chi connectivity index (χ4n) is 3.17. The van der Waals surface area contributed by atoms with E-state index in [9.17, 15) is 4.79 Å². The van der Waals surface area contributed by atoms with Crippen molar-refractivity contribution in [1.82, 2.24) is 10.2 Å². The van der Waals surface area contributed by atoms with Crippen molar-refractivity contribution in [2.75, 3.05) is 19.6 Å². The van der Waals surface area contributed by atoms with Gasteiger partial charge in [-0.2, -0.15) is 0 Å². The first-order chi connectivity index (χ1) is 8.15. The molecule has 1 amide bonds. The summed E-state index contributed by atoms with van der Waals surface area (Å²) >= 11 is 0. The number of likely N-dealkylation sites (tertiary alicyclic amines) is 1. The molecule has 3 nitrogen and oxygen atoms in total. The summed E-state index contributed by atoms with van der Waals surface area (Å²) in [7, 11) is 0. The molecule has 0 spiro atoms. The summed E-state index contributed by atoms with van der Waals surface area (Å²) in [5, 5.41) is 3.43. The van der Waals surface area contributed by atoms with Gasteiger partial charge in [0.1, 0.15) is 0 Å². The van der Waals surface area contributed by atoms with Crippen molar-refractivity contribution in [3.05, 3.63) is 0 Å². The van der Waals surface area contributed by atoms with E-state index in [1.165, 1.54) is 32.1 Å². The van der Waals surface area contributed by atoms with Crippen molar-refractivity contribution in [3.8, 4) is 0 Å². The average Bonchev–Trinajstić information content (AvgIpc) is 2.39. The van der Waals surface area contributed by atoms with Crippen LogP contribution in [-0.2, 0) is 4.79 Å². The van der Waals surface area contributed by atoms with Crippen LogP contribution in [0.3, 0.4) is 0 Å². The molecule has 1 N–H and O–H groups in total. The number of hydrogen-bond donors (Lipinski definition) is 1. The van der Waals surface area contributed by atoms with Gasteiger partial charge in [-0.15, -0.1) is 12.4 Å². The Balaban J connectivity index is 0.00000162. The van der Waals surface area contributed by atoms with Crippen LogP contribution in [0.25, 0.3) is 0 Å². The molecule has 0 saturated carbocycles. The third-order valence-electron chi connectivity index (χ3n) is 4.47. The third-order valence-corrected chi connectivity index (χ3v) is 4.47. The number of hydrogen-bond acceptors (Lipinski definition) is 2. The Kier molecular flexibility index (Phi) is 5.93. The third kappa shape index (κ3) is 3.39. The van der Waals surface area contributed by atoms with Gasteiger partial charge in [0.15, 0.2) is 0 Å². The van der Waals surface area contributed by atoms with Crippen LogP contribution in [0.5, 0.6) is 0 Å². The number of nitrogens with one attached hydrogen (secondary N) is 1. The topological polar surface area (TPSA) is 32.3 Å². The predicted octanol–water partition coefficient (Wildman–Crippen LogP) is 2.59. The molecule has 4 heteroatoms. The van der Waals surface area contributed by atoms with Gasteiger partial charge in [-0.25, -0.2) is 0 Å². The zero-order chi connectivity index (χ0) is 12.3. The van der Waals surface area contributed by atoms with E-state index in [2.05, 4.69) is 24.1 Å². The fraction of sp³-hybridized carbons (Fsp3) is 0.929. The maximum atomic E-state index is 12.6. The van der Waals surface area contributed by atoms with Crippen LogP contribution in [0.1, 0.15) is 52.4 Å². The number of rotatable bonds is 2. The molecule has 18 heavy (non-hydrogen) atoms. The highest BCUT2D eigenvalue weighted by Crippen LogP contribution is 2.25. The molecule has 0 radical (unpaired) electrons.